The number of aromatic nitrogens is 1. The molecule has 0 aromatic carbocycles. The topological polar surface area (TPSA) is 70.1 Å². The van der Waals surface area contributed by atoms with E-state index in [1.54, 1.807) is 6.20 Å². The maximum atomic E-state index is 12.1. The molecule has 1 aromatic rings. The molecule has 0 aliphatic carbocycles. The van der Waals surface area contributed by atoms with E-state index in [0.717, 1.165) is 43.3 Å². The van der Waals surface area contributed by atoms with Crippen molar-refractivity contribution in [2.45, 2.75) is 33.2 Å². The lowest BCUT2D eigenvalue weighted by molar-refractivity contribution is -0.149. The molecule has 0 spiro atoms. The van der Waals surface area contributed by atoms with Crippen molar-refractivity contribution in [1.82, 2.24) is 15.2 Å². The minimum atomic E-state index is -0.102. The Kier molecular flexibility index (Phi) is 7.69. The summed E-state index contributed by atoms with van der Waals surface area (Å²) in [5, 5.41) is 3.35. The van der Waals surface area contributed by atoms with Crippen molar-refractivity contribution in [2.24, 2.45) is 10.9 Å². The number of carbonyl (C=O) groups is 1. The first-order valence-corrected chi connectivity index (χ1v) is 9.37. The van der Waals surface area contributed by atoms with E-state index in [2.05, 4.69) is 22.1 Å². The summed E-state index contributed by atoms with van der Waals surface area (Å²) in [5.41, 5.74) is 1.08. The first-order valence-electron chi connectivity index (χ1n) is 9.37. The van der Waals surface area contributed by atoms with Crippen LogP contribution in [0.15, 0.2) is 23.3 Å². The van der Waals surface area contributed by atoms with E-state index in [4.69, 9.17) is 9.73 Å². The van der Waals surface area contributed by atoms with Crippen molar-refractivity contribution in [1.29, 1.82) is 0 Å². The Bertz CT molecular complexity index is 618. The van der Waals surface area contributed by atoms with Gasteiger partial charge in [0.1, 0.15) is 5.82 Å². The molecule has 1 aliphatic rings. The molecule has 1 unspecified atom stereocenters. The molecule has 26 heavy (non-hydrogen) atoms. The molecule has 144 valence electrons. The van der Waals surface area contributed by atoms with E-state index in [0.29, 0.717) is 19.7 Å². The number of nitrogens with one attached hydrogen (secondary N) is 1. The Morgan fingerprint density at radius 1 is 1.46 bits per heavy atom. The minimum Gasteiger partial charge on any atom is -0.466 e. The van der Waals surface area contributed by atoms with E-state index in [1.165, 1.54) is 0 Å². The van der Waals surface area contributed by atoms with Gasteiger partial charge in [0.05, 0.1) is 19.1 Å². The first-order chi connectivity index (χ1) is 12.6. The average Bonchev–Trinajstić information content (AvgIpc) is 2.65. The zero-order valence-electron chi connectivity index (χ0n) is 16.4. The molecule has 0 radical (unpaired) electrons. The van der Waals surface area contributed by atoms with Gasteiger partial charge in [-0.05, 0) is 32.8 Å². The summed E-state index contributed by atoms with van der Waals surface area (Å²) in [6.45, 7) is 7.21. The molecule has 2 heterocycles. The van der Waals surface area contributed by atoms with Gasteiger partial charge >= 0.3 is 5.97 Å². The van der Waals surface area contributed by atoms with E-state index in [9.17, 15) is 4.79 Å². The van der Waals surface area contributed by atoms with E-state index in [-0.39, 0.29) is 11.9 Å². The van der Waals surface area contributed by atoms with Crippen LogP contribution in [0.1, 0.15) is 32.3 Å². The number of hydrogen-bond acceptors (Lipinski definition) is 5. The van der Waals surface area contributed by atoms with Crippen LogP contribution in [0, 0.1) is 5.92 Å². The van der Waals surface area contributed by atoms with Gasteiger partial charge in [-0.2, -0.15) is 0 Å². The number of likely N-dealkylation sites (tertiary alicyclic amines) is 1. The van der Waals surface area contributed by atoms with Crippen LogP contribution < -0.4 is 10.2 Å². The minimum absolute atomic E-state index is 0.0803. The molecular formula is C19H31N5O2. The van der Waals surface area contributed by atoms with Crippen LogP contribution in [0.2, 0.25) is 0 Å². The summed E-state index contributed by atoms with van der Waals surface area (Å²) in [5.74, 6) is 1.59. The fourth-order valence-electron chi connectivity index (χ4n) is 3.16. The fraction of sp³-hybridized carbons (Fsp3) is 0.632. The summed E-state index contributed by atoms with van der Waals surface area (Å²) in [4.78, 5) is 25.5. The number of anilines is 1. The van der Waals surface area contributed by atoms with Crippen LogP contribution in [0.3, 0.4) is 0 Å². The first kappa shape index (κ1) is 20.0. The van der Waals surface area contributed by atoms with E-state index >= 15 is 0 Å². The Labute approximate surface area is 156 Å². The Balaban J connectivity index is 2.12. The number of aliphatic imine (C=N–C) groups is 1. The smallest absolute Gasteiger partial charge is 0.310 e. The number of esters is 1. The van der Waals surface area contributed by atoms with Crippen molar-refractivity contribution >= 4 is 17.7 Å². The number of nitrogens with zero attached hydrogens (tertiary/aromatic N) is 4. The number of carbonyl (C=O) groups excluding carboxylic acids is 1. The number of guanidine groups is 1. The second-order valence-corrected chi connectivity index (χ2v) is 6.59. The van der Waals surface area contributed by atoms with E-state index < -0.39 is 0 Å². The van der Waals surface area contributed by atoms with Gasteiger partial charge in [0.15, 0.2) is 5.96 Å². The van der Waals surface area contributed by atoms with Crippen molar-refractivity contribution in [3.8, 4) is 0 Å². The quantitative estimate of drug-likeness (QED) is 0.474. The van der Waals surface area contributed by atoms with Gasteiger partial charge in [-0.25, -0.2) is 9.98 Å². The normalized spacial score (nSPS) is 17.8. The molecule has 1 atom stereocenters. The van der Waals surface area contributed by atoms with Crippen LogP contribution in [0.4, 0.5) is 5.82 Å². The largest absolute Gasteiger partial charge is 0.466 e. The van der Waals surface area contributed by atoms with Crippen LogP contribution >= 0.6 is 0 Å². The number of ether oxygens (including phenoxy) is 1. The maximum Gasteiger partial charge on any atom is 0.310 e. The van der Waals surface area contributed by atoms with Crippen LogP contribution in [0.25, 0.3) is 0 Å². The lowest BCUT2D eigenvalue weighted by atomic mass is 9.98. The zero-order chi connectivity index (χ0) is 18.9. The number of rotatable bonds is 6. The maximum absolute atomic E-state index is 12.1. The summed E-state index contributed by atoms with van der Waals surface area (Å²) < 4.78 is 5.20. The molecule has 1 N–H and O–H groups in total. The van der Waals surface area contributed by atoms with Gasteiger partial charge in [0.2, 0.25) is 0 Å². The second-order valence-electron chi connectivity index (χ2n) is 6.59. The van der Waals surface area contributed by atoms with Gasteiger partial charge in [-0.15, -0.1) is 0 Å². The Morgan fingerprint density at radius 2 is 2.27 bits per heavy atom. The summed E-state index contributed by atoms with van der Waals surface area (Å²) in [6, 6.07) is 3.98. The molecule has 1 saturated heterocycles. The number of pyridine rings is 1. The van der Waals surface area contributed by atoms with Crippen LogP contribution in [-0.2, 0) is 16.1 Å². The highest BCUT2D eigenvalue weighted by atomic mass is 16.5. The summed E-state index contributed by atoms with van der Waals surface area (Å²) >= 11 is 0. The average molecular weight is 361 g/mol. The van der Waals surface area contributed by atoms with Crippen LogP contribution in [-0.4, -0.2) is 62.1 Å². The van der Waals surface area contributed by atoms with E-state index in [1.807, 2.05) is 38.1 Å². The highest BCUT2D eigenvalue weighted by Crippen LogP contribution is 2.19. The molecule has 1 fully saturated rings. The summed E-state index contributed by atoms with van der Waals surface area (Å²) in [7, 11) is 3.96. The molecule has 0 bridgehead atoms. The molecule has 1 aromatic heterocycles. The van der Waals surface area contributed by atoms with Crippen molar-refractivity contribution in [3.05, 3.63) is 23.9 Å². The molecular weight excluding hydrogens is 330 g/mol. The number of piperidine rings is 1. The second kappa shape index (κ2) is 9.99. The summed E-state index contributed by atoms with van der Waals surface area (Å²) in [6.07, 6.45) is 3.63. The monoisotopic (exact) mass is 361 g/mol. The predicted molar refractivity (Wildman–Crippen MR) is 104 cm³/mol. The lowest BCUT2D eigenvalue weighted by Gasteiger charge is -2.34. The van der Waals surface area contributed by atoms with Crippen molar-refractivity contribution in [3.63, 3.8) is 0 Å². The Hall–Kier alpha value is -2.31. The Morgan fingerprint density at radius 3 is 2.96 bits per heavy atom. The van der Waals surface area contributed by atoms with Gasteiger partial charge < -0.3 is 19.9 Å². The SMILES string of the molecule is CCNC(=NCc1cccnc1N(C)C)N1CCCC(C(=O)OCC)C1. The highest BCUT2D eigenvalue weighted by molar-refractivity contribution is 5.81. The third-order valence-corrected chi connectivity index (χ3v) is 4.37. The van der Waals surface area contributed by atoms with Crippen molar-refractivity contribution in [2.75, 3.05) is 45.2 Å². The highest BCUT2D eigenvalue weighted by Gasteiger charge is 2.28. The lowest BCUT2D eigenvalue weighted by Crippen LogP contribution is -2.48. The molecule has 7 heteroatoms. The third-order valence-electron chi connectivity index (χ3n) is 4.37. The standard InChI is InChI=1S/C19H31N5O2/c1-5-20-19(22-13-15-9-7-11-21-17(15)23(3)4)24-12-8-10-16(14-24)18(25)26-6-2/h7,9,11,16H,5-6,8,10,12-14H2,1-4H3,(H,20,22). The molecule has 1 aliphatic heterocycles. The van der Waals surface area contributed by atoms with Crippen LogP contribution in [0.5, 0.6) is 0 Å². The predicted octanol–water partition coefficient (Wildman–Crippen LogP) is 1.89. The molecule has 2 rings (SSSR count). The van der Waals surface area contributed by atoms with Gasteiger partial charge in [0.25, 0.3) is 0 Å². The van der Waals surface area contributed by atoms with Gasteiger partial charge in [-0.1, -0.05) is 6.07 Å². The molecule has 7 nitrogen and oxygen atoms in total. The van der Waals surface area contributed by atoms with Crippen molar-refractivity contribution < 1.29 is 9.53 Å². The van der Waals surface area contributed by atoms with Gasteiger partial charge in [-0.3, -0.25) is 4.79 Å². The third kappa shape index (κ3) is 5.34. The molecule has 0 saturated carbocycles. The molecule has 0 amide bonds. The fourth-order valence-corrected chi connectivity index (χ4v) is 3.16. The number of hydrogen-bond donors (Lipinski definition) is 1. The van der Waals surface area contributed by atoms with Gasteiger partial charge in [0, 0.05) is 45.5 Å². The zero-order valence-corrected chi connectivity index (χ0v) is 16.4.